The predicted octanol–water partition coefficient (Wildman–Crippen LogP) is 4.66. The molecular formula is C18H20O2. The van der Waals surface area contributed by atoms with E-state index in [-0.39, 0.29) is 5.41 Å². The van der Waals surface area contributed by atoms with Crippen LogP contribution in [0.2, 0.25) is 0 Å². The monoisotopic (exact) mass is 268 g/mol. The van der Waals surface area contributed by atoms with Crippen LogP contribution in [0, 0.1) is 6.92 Å². The molecule has 104 valence electrons. The van der Waals surface area contributed by atoms with Crippen LogP contribution in [0.4, 0.5) is 0 Å². The Morgan fingerprint density at radius 3 is 2.05 bits per heavy atom. The number of benzene rings is 2. The van der Waals surface area contributed by atoms with Gasteiger partial charge in [-0.05, 0) is 46.7 Å². The first kappa shape index (κ1) is 14.3. The van der Waals surface area contributed by atoms with E-state index in [1.807, 2.05) is 13.0 Å². The lowest BCUT2D eigenvalue weighted by Crippen LogP contribution is -2.10. The van der Waals surface area contributed by atoms with Crippen LogP contribution in [0.25, 0.3) is 11.1 Å². The van der Waals surface area contributed by atoms with Crippen molar-refractivity contribution >= 4 is 5.97 Å². The third kappa shape index (κ3) is 2.90. The number of hydrogen-bond donors (Lipinski definition) is 1. The molecule has 0 aliphatic rings. The maximum Gasteiger partial charge on any atom is 0.335 e. The number of aromatic carboxylic acids is 1. The van der Waals surface area contributed by atoms with Crippen molar-refractivity contribution in [1.29, 1.82) is 0 Å². The van der Waals surface area contributed by atoms with Gasteiger partial charge in [-0.1, -0.05) is 51.1 Å². The van der Waals surface area contributed by atoms with Crippen molar-refractivity contribution in [2.45, 2.75) is 33.1 Å². The Bertz CT molecular complexity index is 631. The Morgan fingerprint density at radius 1 is 1.00 bits per heavy atom. The fourth-order valence-corrected chi connectivity index (χ4v) is 2.27. The summed E-state index contributed by atoms with van der Waals surface area (Å²) in [5.74, 6) is -0.886. The fourth-order valence-electron chi connectivity index (χ4n) is 2.27. The molecule has 0 aliphatic heterocycles. The average molecular weight is 268 g/mol. The van der Waals surface area contributed by atoms with Gasteiger partial charge in [0, 0.05) is 0 Å². The molecule has 0 atom stereocenters. The van der Waals surface area contributed by atoms with E-state index >= 15 is 0 Å². The zero-order chi connectivity index (χ0) is 14.9. The summed E-state index contributed by atoms with van der Waals surface area (Å²) >= 11 is 0. The van der Waals surface area contributed by atoms with Crippen LogP contribution in [-0.2, 0) is 5.41 Å². The molecule has 2 aromatic carbocycles. The van der Waals surface area contributed by atoms with E-state index in [1.165, 1.54) is 5.56 Å². The molecule has 0 spiro atoms. The number of carboxylic acid groups (broad SMARTS) is 1. The minimum absolute atomic E-state index is 0.140. The molecule has 0 heterocycles. The molecule has 20 heavy (non-hydrogen) atoms. The van der Waals surface area contributed by atoms with Gasteiger partial charge in [0.05, 0.1) is 5.56 Å². The number of rotatable bonds is 2. The van der Waals surface area contributed by atoms with E-state index < -0.39 is 5.97 Å². The van der Waals surface area contributed by atoms with Crippen molar-refractivity contribution in [3.05, 3.63) is 59.2 Å². The van der Waals surface area contributed by atoms with Crippen molar-refractivity contribution in [3.8, 4) is 11.1 Å². The first-order valence-corrected chi connectivity index (χ1v) is 6.74. The van der Waals surface area contributed by atoms with Crippen molar-refractivity contribution in [2.24, 2.45) is 0 Å². The average Bonchev–Trinajstić information content (AvgIpc) is 2.37. The van der Waals surface area contributed by atoms with Gasteiger partial charge in [0.2, 0.25) is 0 Å². The summed E-state index contributed by atoms with van der Waals surface area (Å²) in [6.45, 7) is 8.51. The van der Waals surface area contributed by atoms with Gasteiger partial charge >= 0.3 is 5.97 Å². The van der Waals surface area contributed by atoms with Gasteiger partial charge in [-0.2, -0.15) is 0 Å². The maximum atomic E-state index is 11.0. The van der Waals surface area contributed by atoms with E-state index in [4.69, 9.17) is 5.11 Å². The Balaban J connectivity index is 2.40. The maximum absolute atomic E-state index is 11.0. The third-order valence-corrected chi connectivity index (χ3v) is 3.54. The van der Waals surface area contributed by atoms with Gasteiger partial charge in [-0.15, -0.1) is 0 Å². The second-order valence-corrected chi connectivity index (χ2v) is 6.16. The first-order valence-electron chi connectivity index (χ1n) is 6.74. The lowest BCUT2D eigenvalue weighted by atomic mass is 9.86. The molecule has 0 aliphatic carbocycles. The van der Waals surface area contributed by atoms with Crippen LogP contribution in [0.15, 0.2) is 42.5 Å². The van der Waals surface area contributed by atoms with Crippen LogP contribution >= 0.6 is 0 Å². The van der Waals surface area contributed by atoms with E-state index in [0.29, 0.717) is 5.56 Å². The normalized spacial score (nSPS) is 11.4. The van der Waals surface area contributed by atoms with Crippen LogP contribution in [-0.4, -0.2) is 11.1 Å². The highest BCUT2D eigenvalue weighted by Gasteiger charge is 2.13. The summed E-state index contributed by atoms with van der Waals surface area (Å²) < 4.78 is 0. The molecule has 2 nitrogen and oxygen atoms in total. The van der Waals surface area contributed by atoms with Gasteiger partial charge < -0.3 is 5.11 Å². The zero-order valence-corrected chi connectivity index (χ0v) is 12.4. The number of aryl methyl sites for hydroxylation is 1. The SMILES string of the molecule is Cc1cc(C(=O)O)ccc1-c1ccc(C(C)(C)C)cc1. The summed E-state index contributed by atoms with van der Waals surface area (Å²) in [6.07, 6.45) is 0. The molecule has 1 N–H and O–H groups in total. The van der Waals surface area contributed by atoms with Crippen molar-refractivity contribution < 1.29 is 9.90 Å². The molecule has 0 fully saturated rings. The van der Waals surface area contributed by atoms with Gasteiger partial charge in [0.15, 0.2) is 0 Å². The summed E-state index contributed by atoms with van der Waals surface area (Å²) in [5, 5.41) is 9.00. The minimum atomic E-state index is -0.886. The Hall–Kier alpha value is -2.09. The van der Waals surface area contributed by atoms with Crippen molar-refractivity contribution in [3.63, 3.8) is 0 Å². The molecule has 2 aromatic rings. The fraction of sp³-hybridized carbons (Fsp3) is 0.278. The molecule has 0 bridgehead atoms. The van der Waals surface area contributed by atoms with E-state index in [9.17, 15) is 4.79 Å². The van der Waals surface area contributed by atoms with Crippen molar-refractivity contribution in [1.82, 2.24) is 0 Å². The molecule has 0 radical (unpaired) electrons. The van der Waals surface area contributed by atoms with Gasteiger partial charge in [-0.25, -0.2) is 4.79 Å². The number of hydrogen-bond acceptors (Lipinski definition) is 1. The quantitative estimate of drug-likeness (QED) is 0.860. The largest absolute Gasteiger partial charge is 0.478 e. The Morgan fingerprint density at radius 2 is 1.60 bits per heavy atom. The zero-order valence-electron chi connectivity index (χ0n) is 12.4. The highest BCUT2D eigenvalue weighted by atomic mass is 16.4. The molecule has 0 saturated carbocycles. The van der Waals surface area contributed by atoms with E-state index in [1.54, 1.807) is 12.1 Å². The van der Waals surface area contributed by atoms with Crippen LogP contribution in [0.3, 0.4) is 0 Å². The minimum Gasteiger partial charge on any atom is -0.478 e. The van der Waals surface area contributed by atoms with E-state index in [2.05, 4.69) is 45.0 Å². The lowest BCUT2D eigenvalue weighted by Gasteiger charge is -2.19. The molecule has 0 amide bonds. The Kier molecular flexibility index (Phi) is 3.67. The number of carbonyl (C=O) groups is 1. The molecule has 2 rings (SSSR count). The molecular weight excluding hydrogens is 248 g/mol. The predicted molar refractivity (Wildman–Crippen MR) is 82.3 cm³/mol. The van der Waals surface area contributed by atoms with Crippen LogP contribution < -0.4 is 0 Å². The standard InChI is InChI=1S/C18H20O2/c1-12-11-14(17(19)20)7-10-16(12)13-5-8-15(9-6-13)18(2,3)4/h5-11H,1-4H3,(H,19,20). The first-order chi connectivity index (χ1) is 9.29. The summed E-state index contributed by atoms with van der Waals surface area (Å²) in [7, 11) is 0. The van der Waals surface area contributed by atoms with Crippen molar-refractivity contribution in [2.75, 3.05) is 0 Å². The van der Waals surface area contributed by atoms with Gasteiger partial charge in [0.25, 0.3) is 0 Å². The molecule has 0 saturated heterocycles. The summed E-state index contributed by atoms with van der Waals surface area (Å²) in [4.78, 5) is 11.0. The highest BCUT2D eigenvalue weighted by Crippen LogP contribution is 2.28. The lowest BCUT2D eigenvalue weighted by molar-refractivity contribution is 0.0697. The second-order valence-electron chi connectivity index (χ2n) is 6.16. The topological polar surface area (TPSA) is 37.3 Å². The molecule has 2 heteroatoms. The highest BCUT2D eigenvalue weighted by molar-refractivity contribution is 5.89. The van der Waals surface area contributed by atoms with Gasteiger partial charge in [-0.3, -0.25) is 0 Å². The summed E-state index contributed by atoms with van der Waals surface area (Å²) in [6, 6.07) is 13.7. The molecule has 0 aromatic heterocycles. The molecule has 0 unspecified atom stereocenters. The van der Waals surface area contributed by atoms with Crippen LogP contribution in [0.5, 0.6) is 0 Å². The Labute approximate surface area is 120 Å². The van der Waals surface area contributed by atoms with Gasteiger partial charge in [0.1, 0.15) is 0 Å². The second kappa shape index (κ2) is 5.12. The smallest absolute Gasteiger partial charge is 0.335 e. The third-order valence-electron chi connectivity index (χ3n) is 3.54. The summed E-state index contributed by atoms with van der Waals surface area (Å²) in [5.41, 5.74) is 4.94. The number of carboxylic acids is 1. The van der Waals surface area contributed by atoms with E-state index in [0.717, 1.165) is 16.7 Å². The van der Waals surface area contributed by atoms with Crippen LogP contribution in [0.1, 0.15) is 42.3 Å².